The lowest BCUT2D eigenvalue weighted by Gasteiger charge is -2.41. The first-order chi connectivity index (χ1) is 15.1. The SMILES string of the molecule is C[C@]12CCOC(=O)N1N(C(=O)OCc1ccccc1)[C@H]1C2=C[C@@H]2c3ccccc3N[C@@H]21. The molecule has 6 rings (SSSR count). The quantitative estimate of drug-likeness (QED) is 0.747. The van der Waals surface area contributed by atoms with E-state index in [-0.39, 0.29) is 24.6 Å². The van der Waals surface area contributed by atoms with Gasteiger partial charge in [-0.05, 0) is 29.7 Å². The standard InChI is InChI=1S/C24H23N3O4/c1-24-11-12-30-23(29)27(24)26(22(28)31-14-15-7-3-2-4-8-15)21-18(24)13-17-16-9-5-6-10-19(16)25-20(17)21/h2-10,13,17,20-21,25H,11-12,14H2,1H3/t17-,20+,21+,24-/m1/s1. The molecular formula is C24H23N3O4. The van der Waals surface area contributed by atoms with Crippen molar-refractivity contribution >= 4 is 17.9 Å². The molecule has 0 unspecified atom stereocenters. The van der Waals surface area contributed by atoms with Gasteiger partial charge in [0.25, 0.3) is 0 Å². The van der Waals surface area contributed by atoms with Crippen molar-refractivity contribution in [3.63, 3.8) is 0 Å². The van der Waals surface area contributed by atoms with Crippen molar-refractivity contribution in [3.05, 3.63) is 77.4 Å². The molecule has 4 aliphatic rings. The third kappa shape index (κ3) is 2.52. The lowest BCUT2D eigenvalue weighted by molar-refractivity contribution is -0.0727. The van der Waals surface area contributed by atoms with E-state index >= 15 is 0 Å². The maximum Gasteiger partial charge on any atom is 0.429 e. The predicted molar refractivity (Wildman–Crippen MR) is 113 cm³/mol. The summed E-state index contributed by atoms with van der Waals surface area (Å²) in [5, 5.41) is 6.55. The number of cyclic esters (lactones) is 1. The third-order valence-electron chi connectivity index (χ3n) is 6.99. The molecule has 0 spiro atoms. The summed E-state index contributed by atoms with van der Waals surface area (Å²) in [5.74, 6) is 0.151. The van der Waals surface area contributed by atoms with Crippen molar-refractivity contribution in [3.8, 4) is 0 Å². The Labute approximate surface area is 180 Å². The van der Waals surface area contributed by atoms with Crippen molar-refractivity contribution in [1.29, 1.82) is 0 Å². The Balaban J connectivity index is 1.37. The van der Waals surface area contributed by atoms with Gasteiger partial charge in [-0.3, -0.25) is 0 Å². The zero-order valence-electron chi connectivity index (χ0n) is 17.2. The first kappa shape index (κ1) is 18.3. The van der Waals surface area contributed by atoms with Crippen molar-refractivity contribution in [2.45, 2.75) is 43.5 Å². The van der Waals surface area contributed by atoms with E-state index in [0.29, 0.717) is 13.0 Å². The van der Waals surface area contributed by atoms with Crippen molar-refractivity contribution < 1.29 is 19.1 Å². The zero-order chi connectivity index (χ0) is 21.2. The van der Waals surface area contributed by atoms with Crippen LogP contribution in [0, 0.1) is 0 Å². The van der Waals surface area contributed by atoms with Crippen LogP contribution >= 0.6 is 0 Å². The smallest absolute Gasteiger partial charge is 0.429 e. The molecule has 4 atom stereocenters. The van der Waals surface area contributed by atoms with Gasteiger partial charge in [0.05, 0.1) is 18.2 Å². The fourth-order valence-corrected chi connectivity index (χ4v) is 5.52. The lowest BCUT2D eigenvalue weighted by Crippen LogP contribution is -2.59. The number of nitrogens with one attached hydrogen (secondary N) is 1. The molecule has 0 saturated carbocycles. The van der Waals surface area contributed by atoms with Crippen molar-refractivity contribution in [2.24, 2.45) is 0 Å². The van der Waals surface area contributed by atoms with Crippen molar-refractivity contribution in [2.75, 3.05) is 11.9 Å². The summed E-state index contributed by atoms with van der Waals surface area (Å²) in [6.45, 7) is 2.50. The largest absolute Gasteiger partial charge is 0.448 e. The van der Waals surface area contributed by atoms with Crippen LogP contribution in [0.4, 0.5) is 15.3 Å². The Bertz CT molecular complexity index is 1100. The molecule has 0 bridgehead atoms. The van der Waals surface area contributed by atoms with E-state index < -0.39 is 17.7 Å². The molecule has 7 nitrogen and oxygen atoms in total. The number of anilines is 1. The number of carbonyl (C=O) groups excluding carboxylic acids is 2. The van der Waals surface area contributed by atoms with Gasteiger partial charge in [-0.25, -0.2) is 19.6 Å². The monoisotopic (exact) mass is 417 g/mol. The molecule has 3 heterocycles. The molecule has 0 radical (unpaired) electrons. The van der Waals surface area contributed by atoms with Crippen LogP contribution in [0.3, 0.4) is 0 Å². The molecular weight excluding hydrogens is 394 g/mol. The van der Waals surface area contributed by atoms with Gasteiger partial charge in [0.1, 0.15) is 12.6 Å². The predicted octanol–water partition coefficient (Wildman–Crippen LogP) is 4.04. The van der Waals surface area contributed by atoms with Gasteiger partial charge < -0.3 is 14.8 Å². The summed E-state index contributed by atoms with van der Waals surface area (Å²) in [7, 11) is 0. The Morgan fingerprint density at radius 3 is 2.81 bits per heavy atom. The van der Waals surface area contributed by atoms with E-state index in [4.69, 9.17) is 9.47 Å². The molecule has 0 aromatic heterocycles. The highest BCUT2D eigenvalue weighted by molar-refractivity contribution is 5.80. The minimum atomic E-state index is -0.604. The second kappa shape index (κ2) is 6.51. The highest BCUT2D eigenvalue weighted by Gasteiger charge is 2.64. The minimum absolute atomic E-state index is 0.0492. The molecule has 2 aromatic rings. The summed E-state index contributed by atoms with van der Waals surface area (Å²) in [4.78, 5) is 26.2. The number of hydrazine groups is 1. The summed E-state index contributed by atoms with van der Waals surface area (Å²) in [6.07, 6.45) is 1.82. The molecule has 31 heavy (non-hydrogen) atoms. The Morgan fingerprint density at radius 2 is 1.97 bits per heavy atom. The van der Waals surface area contributed by atoms with E-state index in [2.05, 4.69) is 23.5 Å². The molecule has 2 amide bonds. The second-order valence-corrected chi connectivity index (χ2v) is 8.68. The molecule has 3 aliphatic heterocycles. The Kier molecular flexibility index (Phi) is 3.84. The number of amides is 2. The summed E-state index contributed by atoms with van der Waals surface area (Å²) in [5.41, 5.74) is 3.67. The average Bonchev–Trinajstić information content (AvgIpc) is 3.40. The highest BCUT2D eigenvalue weighted by atomic mass is 16.6. The maximum atomic E-state index is 13.4. The van der Waals surface area contributed by atoms with Gasteiger partial charge in [-0.1, -0.05) is 54.6 Å². The average molecular weight is 417 g/mol. The first-order valence-electron chi connectivity index (χ1n) is 10.6. The lowest BCUT2D eigenvalue weighted by atomic mass is 9.86. The van der Waals surface area contributed by atoms with E-state index in [1.165, 1.54) is 15.6 Å². The van der Waals surface area contributed by atoms with Gasteiger partial charge >= 0.3 is 12.2 Å². The van der Waals surface area contributed by atoms with Gasteiger partial charge in [0.15, 0.2) is 0 Å². The van der Waals surface area contributed by atoms with Crippen LogP contribution in [0.2, 0.25) is 0 Å². The van der Waals surface area contributed by atoms with Crippen LogP contribution in [0.5, 0.6) is 0 Å². The normalized spacial score (nSPS) is 29.9. The second-order valence-electron chi connectivity index (χ2n) is 8.68. The molecule has 7 heteroatoms. The summed E-state index contributed by atoms with van der Waals surface area (Å²) < 4.78 is 11.0. The number of rotatable bonds is 2. The topological polar surface area (TPSA) is 71.1 Å². The van der Waals surface area contributed by atoms with E-state index in [1.807, 2.05) is 49.4 Å². The number of hydrogen-bond acceptors (Lipinski definition) is 5. The fourth-order valence-electron chi connectivity index (χ4n) is 5.52. The Morgan fingerprint density at radius 1 is 1.19 bits per heavy atom. The van der Waals surface area contributed by atoms with Crippen LogP contribution in [0.15, 0.2) is 66.2 Å². The zero-order valence-corrected chi connectivity index (χ0v) is 17.2. The van der Waals surface area contributed by atoms with Crippen LogP contribution < -0.4 is 5.32 Å². The number of nitrogens with zero attached hydrogens (tertiary/aromatic N) is 2. The molecule has 158 valence electrons. The first-order valence-corrected chi connectivity index (χ1v) is 10.6. The molecule has 2 fully saturated rings. The third-order valence-corrected chi connectivity index (χ3v) is 6.99. The van der Waals surface area contributed by atoms with Gasteiger partial charge in [-0.2, -0.15) is 0 Å². The van der Waals surface area contributed by atoms with Crippen LogP contribution in [-0.2, 0) is 16.1 Å². The number of para-hydroxylation sites is 1. The minimum Gasteiger partial charge on any atom is -0.448 e. The number of hydrogen-bond donors (Lipinski definition) is 1. The van der Waals surface area contributed by atoms with Gasteiger partial charge in [-0.15, -0.1) is 0 Å². The van der Waals surface area contributed by atoms with E-state index in [0.717, 1.165) is 16.8 Å². The Hall–Kier alpha value is -3.48. The number of ether oxygens (including phenoxy) is 2. The van der Waals surface area contributed by atoms with Crippen molar-refractivity contribution in [1.82, 2.24) is 10.0 Å². The molecule has 1 N–H and O–H groups in total. The van der Waals surface area contributed by atoms with E-state index in [1.54, 1.807) is 0 Å². The maximum absolute atomic E-state index is 13.4. The number of benzene rings is 2. The highest BCUT2D eigenvalue weighted by Crippen LogP contribution is 2.55. The molecule has 1 aliphatic carbocycles. The van der Waals surface area contributed by atoms with Gasteiger partial charge in [0.2, 0.25) is 0 Å². The van der Waals surface area contributed by atoms with Crippen LogP contribution in [0.1, 0.15) is 30.4 Å². The summed E-state index contributed by atoms with van der Waals surface area (Å²) >= 11 is 0. The number of fused-ring (bicyclic) bond motifs is 7. The number of carbonyl (C=O) groups is 2. The fraction of sp³-hybridized carbons (Fsp3) is 0.333. The molecule has 2 aromatic carbocycles. The molecule has 2 saturated heterocycles. The van der Waals surface area contributed by atoms with Gasteiger partial charge in [0, 0.05) is 18.0 Å². The van der Waals surface area contributed by atoms with Crippen LogP contribution in [-0.4, -0.2) is 46.4 Å². The van der Waals surface area contributed by atoms with Crippen LogP contribution in [0.25, 0.3) is 0 Å². The van der Waals surface area contributed by atoms with E-state index in [9.17, 15) is 9.59 Å². The summed E-state index contributed by atoms with van der Waals surface area (Å²) in [6, 6.07) is 17.4.